The van der Waals surface area contributed by atoms with E-state index in [1.807, 2.05) is 19.9 Å². The highest BCUT2D eigenvalue weighted by Gasteiger charge is 2.49. The van der Waals surface area contributed by atoms with E-state index in [9.17, 15) is 23.2 Å². The summed E-state index contributed by atoms with van der Waals surface area (Å²) in [6.45, 7) is 4.62. The fourth-order valence-corrected chi connectivity index (χ4v) is 3.06. The van der Waals surface area contributed by atoms with Gasteiger partial charge in [-0.25, -0.2) is 13.6 Å². The lowest BCUT2D eigenvalue weighted by atomic mass is 9.92. The molecule has 1 unspecified atom stereocenters. The minimum atomic E-state index is -1.59. The summed E-state index contributed by atoms with van der Waals surface area (Å²) in [5.41, 5.74) is 0.937. The Bertz CT molecular complexity index is 993. The third-order valence-electron chi connectivity index (χ3n) is 4.95. The Balaban J connectivity index is 1.79. The van der Waals surface area contributed by atoms with Crippen molar-refractivity contribution in [3.8, 4) is 0 Å². The number of hydrogen-bond acceptors (Lipinski definition) is 3. The maximum Gasteiger partial charge on any atom is 0.325 e. The van der Waals surface area contributed by atoms with E-state index in [4.69, 9.17) is 0 Å². The van der Waals surface area contributed by atoms with Gasteiger partial charge in [0.05, 0.1) is 0 Å². The van der Waals surface area contributed by atoms with Crippen LogP contribution in [0.4, 0.5) is 19.3 Å². The number of rotatable bonds is 4. The van der Waals surface area contributed by atoms with E-state index in [1.165, 1.54) is 13.0 Å². The molecule has 0 saturated carbocycles. The van der Waals surface area contributed by atoms with Crippen LogP contribution in [0.1, 0.15) is 23.6 Å². The van der Waals surface area contributed by atoms with Crippen molar-refractivity contribution in [3.63, 3.8) is 0 Å². The van der Waals surface area contributed by atoms with Gasteiger partial charge in [-0.15, -0.1) is 0 Å². The van der Waals surface area contributed by atoms with Crippen molar-refractivity contribution in [2.45, 2.75) is 26.3 Å². The minimum absolute atomic E-state index is 0.0854. The molecule has 0 radical (unpaired) electrons. The summed E-state index contributed by atoms with van der Waals surface area (Å²) in [5.74, 6) is -3.47. The molecule has 0 bridgehead atoms. The number of carbonyl (C=O) groups excluding carboxylic acids is 3. The Morgan fingerprint density at radius 1 is 1.14 bits per heavy atom. The van der Waals surface area contributed by atoms with Crippen LogP contribution in [0.5, 0.6) is 0 Å². The molecule has 4 amide bonds. The van der Waals surface area contributed by atoms with Gasteiger partial charge in [0.15, 0.2) is 11.6 Å². The number of nitrogens with zero attached hydrogens (tertiary/aromatic N) is 1. The van der Waals surface area contributed by atoms with Crippen molar-refractivity contribution in [1.82, 2.24) is 10.2 Å². The lowest BCUT2D eigenvalue weighted by Gasteiger charge is -2.22. The average molecular weight is 387 g/mol. The number of urea groups is 1. The smallest absolute Gasteiger partial charge is 0.324 e. The van der Waals surface area contributed by atoms with Crippen LogP contribution in [0, 0.1) is 25.5 Å². The van der Waals surface area contributed by atoms with Gasteiger partial charge < -0.3 is 10.6 Å². The normalized spacial score (nSPS) is 19.0. The number of anilines is 1. The number of halogens is 2. The summed E-state index contributed by atoms with van der Waals surface area (Å²) in [6.07, 6.45) is 0. The Hall–Kier alpha value is -3.29. The topological polar surface area (TPSA) is 78.5 Å². The molecule has 28 heavy (non-hydrogen) atoms. The first-order chi connectivity index (χ1) is 13.1. The minimum Gasteiger partial charge on any atom is -0.324 e. The average Bonchev–Trinajstić information content (AvgIpc) is 2.85. The van der Waals surface area contributed by atoms with Crippen LogP contribution in [-0.4, -0.2) is 29.3 Å². The standard InChI is InChI=1S/C20H19F2N3O3/c1-11-5-4-6-16(12(11)2)23-17(26)10-25-18(27)20(3,24-19(25)28)13-7-8-14(21)15(22)9-13/h4-9H,10H2,1-3H3,(H,23,26)(H,24,28). The molecule has 1 fully saturated rings. The lowest BCUT2D eigenvalue weighted by molar-refractivity contribution is -0.133. The van der Waals surface area contributed by atoms with Crippen LogP contribution in [0.15, 0.2) is 36.4 Å². The second-order valence-electron chi connectivity index (χ2n) is 6.87. The molecule has 2 aromatic rings. The van der Waals surface area contributed by atoms with E-state index in [1.54, 1.807) is 12.1 Å². The number of amides is 4. The Morgan fingerprint density at radius 2 is 1.86 bits per heavy atom. The lowest BCUT2D eigenvalue weighted by Crippen LogP contribution is -2.42. The van der Waals surface area contributed by atoms with E-state index < -0.39 is 41.6 Å². The van der Waals surface area contributed by atoms with Gasteiger partial charge in [-0.05, 0) is 55.7 Å². The molecule has 0 aromatic heterocycles. The Kier molecular flexibility index (Phi) is 4.89. The van der Waals surface area contributed by atoms with E-state index in [2.05, 4.69) is 10.6 Å². The van der Waals surface area contributed by atoms with Crippen LogP contribution in [0.2, 0.25) is 0 Å². The summed E-state index contributed by atoms with van der Waals surface area (Å²) in [7, 11) is 0. The van der Waals surface area contributed by atoms with Crippen molar-refractivity contribution in [3.05, 3.63) is 64.7 Å². The molecule has 0 spiro atoms. The molecule has 2 N–H and O–H groups in total. The van der Waals surface area contributed by atoms with Crippen molar-refractivity contribution in [1.29, 1.82) is 0 Å². The second kappa shape index (κ2) is 7.03. The van der Waals surface area contributed by atoms with E-state index in [0.717, 1.165) is 28.2 Å². The molecule has 1 saturated heterocycles. The van der Waals surface area contributed by atoms with E-state index >= 15 is 0 Å². The highest BCUT2D eigenvalue weighted by Crippen LogP contribution is 2.29. The maximum atomic E-state index is 13.6. The monoisotopic (exact) mass is 387 g/mol. The zero-order valence-electron chi connectivity index (χ0n) is 15.6. The van der Waals surface area contributed by atoms with Gasteiger partial charge in [-0.2, -0.15) is 0 Å². The highest BCUT2D eigenvalue weighted by molar-refractivity contribution is 6.10. The first-order valence-corrected chi connectivity index (χ1v) is 8.59. The first-order valence-electron chi connectivity index (χ1n) is 8.59. The van der Waals surface area contributed by atoms with Crippen molar-refractivity contribution in [2.75, 3.05) is 11.9 Å². The molecule has 0 aliphatic carbocycles. The van der Waals surface area contributed by atoms with Gasteiger partial charge in [0.25, 0.3) is 5.91 Å². The zero-order chi connectivity index (χ0) is 20.6. The van der Waals surface area contributed by atoms with Crippen LogP contribution >= 0.6 is 0 Å². The van der Waals surface area contributed by atoms with Gasteiger partial charge in [0.1, 0.15) is 12.1 Å². The first kappa shape index (κ1) is 19.5. The van der Waals surface area contributed by atoms with Gasteiger partial charge >= 0.3 is 6.03 Å². The SMILES string of the molecule is Cc1cccc(NC(=O)CN2C(=O)NC(C)(c3ccc(F)c(F)c3)C2=O)c1C. The van der Waals surface area contributed by atoms with Gasteiger partial charge in [-0.1, -0.05) is 18.2 Å². The fourth-order valence-electron chi connectivity index (χ4n) is 3.06. The summed E-state index contributed by atoms with van der Waals surface area (Å²) in [4.78, 5) is 38.2. The number of hydrogen-bond donors (Lipinski definition) is 2. The molecule has 1 heterocycles. The largest absolute Gasteiger partial charge is 0.325 e. The van der Waals surface area contributed by atoms with Gasteiger partial charge in [-0.3, -0.25) is 14.5 Å². The van der Waals surface area contributed by atoms with Crippen LogP contribution in [0.3, 0.4) is 0 Å². The van der Waals surface area contributed by atoms with Crippen LogP contribution in [-0.2, 0) is 15.1 Å². The van der Waals surface area contributed by atoms with Crippen LogP contribution in [0.25, 0.3) is 0 Å². The predicted octanol–water partition coefficient (Wildman–Crippen LogP) is 2.99. The number of carbonyl (C=O) groups is 3. The predicted molar refractivity (Wildman–Crippen MR) is 98.5 cm³/mol. The Morgan fingerprint density at radius 3 is 2.54 bits per heavy atom. The molecule has 3 rings (SSSR count). The van der Waals surface area contributed by atoms with Crippen LogP contribution < -0.4 is 10.6 Å². The molecular formula is C20H19F2N3O3. The van der Waals surface area contributed by atoms with Gasteiger partial charge in [0, 0.05) is 5.69 Å². The summed E-state index contributed by atoms with van der Waals surface area (Å²) in [6, 6.07) is 7.57. The molecule has 1 aliphatic heterocycles. The number of nitrogens with one attached hydrogen (secondary N) is 2. The summed E-state index contributed by atoms with van der Waals surface area (Å²) in [5, 5.41) is 5.13. The Labute approximate surface area is 160 Å². The third-order valence-corrected chi connectivity index (χ3v) is 4.95. The zero-order valence-corrected chi connectivity index (χ0v) is 15.6. The quantitative estimate of drug-likeness (QED) is 0.792. The van der Waals surface area contributed by atoms with Crippen molar-refractivity contribution >= 4 is 23.5 Å². The maximum absolute atomic E-state index is 13.6. The summed E-state index contributed by atoms with van der Waals surface area (Å²) < 4.78 is 26.8. The molecule has 6 nitrogen and oxygen atoms in total. The van der Waals surface area contributed by atoms with Gasteiger partial charge in [0.2, 0.25) is 5.91 Å². The molecule has 2 aromatic carbocycles. The number of benzene rings is 2. The molecule has 1 atom stereocenters. The van der Waals surface area contributed by atoms with Crippen molar-refractivity contribution < 1.29 is 23.2 Å². The number of imide groups is 1. The van der Waals surface area contributed by atoms with E-state index in [0.29, 0.717) is 5.69 Å². The fraction of sp³-hybridized carbons (Fsp3) is 0.250. The van der Waals surface area contributed by atoms with E-state index in [-0.39, 0.29) is 5.56 Å². The molecule has 146 valence electrons. The summed E-state index contributed by atoms with van der Waals surface area (Å²) >= 11 is 0. The third kappa shape index (κ3) is 3.33. The molecule has 1 aliphatic rings. The molecule has 8 heteroatoms. The highest BCUT2D eigenvalue weighted by atomic mass is 19.2. The van der Waals surface area contributed by atoms with Crippen molar-refractivity contribution in [2.24, 2.45) is 0 Å². The number of aryl methyl sites for hydroxylation is 1. The second-order valence-corrected chi connectivity index (χ2v) is 6.87. The molecular weight excluding hydrogens is 368 g/mol.